The van der Waals surface area contributed by atoms with Crippen LogP contribution < -0.4 is 0 Å². The molecule has 18 heavy (non-hydrogen) atoms. The van der Waals surface area contributed by atoms with Crippen LogP contribution in [0.5, 0.6) is 0 Å². The van der Waals surface area contributed by atoms with Crippen molar-refractivity contribution in [3.63, 3.8) is 0 Å². The number of aliphatic hydroxyl groups excluding tert-OH is 1. The molecule has 1 unspecified atom stereocenters. The van der Waals surface area contributed by atoms with Crippen molar-refractivity contribution in [3.8, 4) is 0 Å². The SMILES string of the molecule is O=S(=O)(c1cc(Cl)c(Br)s1)N1CCOCC1CO. The van der Waals surface area contributed by atoms with Gasteiger partial charge in [0.15, 0.2) is 0 Å². The second-order valence-electron chi connectivity index (χ2n) is 3.71. The molecule has 0 radical (unpaired) electrons. The number of aliphatic hydroxyl groups is 1. The summed E-state index contributed by atoms with van der Waals surface area (Å²) in [6.07, 6.45) is 0. The third kappa shape index (κ3) is 2.74. The standard InChI is InChI=1S/C9H11BrClNO4S2/c10-9-7(11)3-8(17-9)18(14,15)12-1-2-16-5-6(12)4-13/h3,6,13H,1-2,4-5H2. The monoisotopic (exact) mass is 375 g/mol. The van der Waals surface area contributed by atoms with Crippen molar-refractivity contribution in [1.82, 2.24) is 4.31 Å². The first-order chi connectivity index (χ1) is 8.46. The van der Waals surface area contributed by atoms with Gasteiger partial charge in [-0.3, -0.25) is 0 Å². The second kappa shape index (κ2) is 5.74. The lowest BCUT2D eigenvalue weighted by atomic mass is 10.3. The number of hydrogen-bond donors (Lipinski definition) is 1. The molecule has 0 aromatic carbocycles. The van der Waals surface area contributed by atoms with Crippen LogP contribution in [0.15, 0.2) is 14.1 Å². The molecule has 1 atom stereocenters. The van der Waals surface area contributed by atoms with E-state index in [4.69, 9.17) is 16.3 Å². The number of halogens is 2. The molecule has 0 spiro atoms. The summed E-state index contributed by atoms with van der Waals surface area (Å²) in [5.41, 5.74) is 0. The van der Waals surface area contributed by atoms with Crippen LogP contribution in [0, 0.1) is 0 Å². The molecule has 9 heteroatoms. The van der Waals surface area contributed by atoms with Gasteiger partial charge in [-0.2, -0.15) is 4.31 Å². The Labute approximate surface area is 122 Å². The Morgan fingerprint density at radius 3 is 2.94 bits per heavy atom. The predicted octanol–water partition coefficient (Wildman–Crippen LogP) is 1.55. The molecular formula is C9H11BrClNO4S2. The highest BCUT2D eigenvalue weighted by molar-refractivity contribution is 9.11. The summed E-state index contributed by atoms with van der Waals surface area (Å²) in [6, 6.07) is 0.874. The highest BCUT2D eigenvalue weighted by Crippen LogP contribution is 2.36. The van der Waals surface area contributed by atoms with Crippen molar-refractivity contribution in [2.24, 2.45) is 0 Å². The molecule has 0 aliphatic carbocycles. The van der Waals surface area contributed by atoms with E-state index in [0.717, 1.165) is 11.3 Å². The fourth-order valence-corrected chi connectivity index (χ4v) is 5.78. The third-order valence-corrected chi connectivity index (χ3v) is 7.45. The summed E-state index contributed by atoms with van der Waals surface area (Å²) in [6.45, 7) is 0.506. The van der Waals surface area contributed by atoms with E-state index in [1.54, 1.807) is 0 Å². The molecule has 1 aromatic rings. The molecule has 1 aliphatic rings. The molecule has 2 heterocycles. The van der Waals surface area contributed by atoms with E-state index in [9.17, 15) is 13.5 Å². The zero-order valence-corrected chi connectivity index (χ0v) is 13.1. The maximum atomic E-state index is 12.4. The Bertz CT molecular complexity index is 513. The molecule has 1 aromatic heterocycles. The molecule has 102 valence electrons. The topological polar surface area (TPSA) is 66.8 Å². The summed E-state index contributed by atoms with van der Waals surface area (Å²) in [4.78, 5) is 0. The number of sulfonamides is 1. The van der Waals surface area contributed by atoms with Gasteiger partial charge in [-0.25, -0.2) is 8.42 Å². The first kappa shape index (κ1) is 14.7. The van der Waals surface area contributed by atoms with Crippen molar-refractivity contribution in [2.45, 2.75) is 10.3 Å². The third-order valence-electron chi connectivity index (χ3n) is 2.57. The minimum atomic E-state index is -3.63. The van der Waals surface area contributed by atoms with E-state index >= 15 is 0 Å². The lowest BCUT2D eigenvalue weighted by Crippen LogP contribution is -2.50. The first-order valence-electron chi connectivity index (χ1n) is 5.12. The summed E-state index contributed by atoms with van der Waals surface area (Å²) in [5, 5.41) is 9.58. The van der Waals surface area contributed by atoms with Gasteiger partial charge in [-0.1, -0.05) is 11.6 Å². The largest absolute Gasteiger partial charge is 0.395 e. The van der Waals surface area contributed by atoms with Crippen LogP contribution >= 0.6 is 38.9 Å². The lowest BCUT2D eigenvalue weighted by molar-refractivity contribution is 0.0110. The highest BCUT2D eigenvalue weighted by atomic mass is 79.9. The van der Waals surface area contributed by atoms with E-state index in [1.165, 1.54) is 10.4 Å². The van der Waals surface area contributed by atoms with Gasteiger partial charge in [0.2, 0.25) is 0 Å². The van der Waals surface area contributed by atoms with Gasteiger partial charge in [0.05, 0.1) is 34.7 Å². The molecule has 0 bridgehead atoms. The fourth-order valence-electron chi connectivity index (χ4n) is 1.67. The second-order valence-corrected chi connectivity index (χ2v) is 8.61. The number of hydrogen-bond acceptors (Lipinski definition) is 5. The molecule has 1 fully saturated rings. The summed E-state index contributed by atoms with van der Waals surface area (Å²) < 4.78 is 32.0. The van der Waals surface area contributed by atoms with Crippen molar-refractivity contribution in [2.75, 3.05) is 26.4 Å². The average Bonchev–Trinajstić information content (AvgIpc) is 2.70. The van der Waals surface area contributed by atoms with Gasteiger partial charge in [0.1, 0.15) is 4.21 Å². The molecule has 2 rings (SSSR count). The maximum Gasteiger partial charge on any atom is 0.253 e. The van der Waals surface area contributed by atoms with Gasteiger partial charge in [-0.05, 0) is 22.0 Å². The van der Waals surface area contributed by atoms with Gasteiger partial charge in [0.25, 0.3) is 10.0 Å². The Morgan fingerprint density at radius 2 is 2.39 bits per heavy atom. The number of nitrogens with zero attached hydrogens (tertiary/aromatic N) is 1. The zero-order valence-electron chi connectivity index (χ0n) is 9.17. The van der Waals surface area contributed by atoms with Crippen LogP contribution in [0.25, 0.3) is 0 Å². The summed E-state index contributed by atoms with van der Waals surface area (Å²) in [7, 11) is -3.63. The molecule has 5 nitrogen and oxygen atoms in total. The van der Waals surface area contributed by atoms with E-state index < -0.39 is 16.1 Å². The molecular weight excluding hydrogens is 366 g/mol. The number of rotatable bonds is 3. The fraction of sp³-hybridized carbons (Fsp3) is 0.556. The quantitative estimate of drug-likeness (QED) is 0.869. The van der Waals surface area contributed by atoms with Gasteiger partial charge < -0.3 is 9.84 Å². The molecule has 1 aliphatic heterocycles. The predicted molar refractivity (Wildman–Crippen MR) is 72.6 cm³/mol. The first-order valence-corrected chi connectivity index (χ1v) is 8.55. The minimum absolute atomic E-state index is 0.166. The van der Waals surface area contributed by atoms with Crippen molar-refractivity contribution in [1.29, 1.82) is 0 Å². The average molecular weight is 377 g/mol. The van der Waals surface area contributed by atoms with E-state index in [1.807, 2.05) is 0 Å². The normalized spacial score (nSPS) is 22.3. The van der Waals surface area contributed by atoms with E-state index in [0.29, 0.717) is 15.4 Å². The molecule has 1 N–H and O–H groups in total. The number of thiophene rings is 1. The lowest BCUT2D eigenvalue weighted by Gasteiger charge is -2.32. The smallest absolute Gasteiger partial charge is 0.253 e. The van der Waals surface area contributed by atoms with Crippen molar-refractivity contribution in [3.05, 3.63) is 14.9 Å². The Kier molecular flexibility index (Phi) is 4.69. The Balaban J connectivity index is 2.35. The van der Waals surface area contributed by atoms with E-state index in [-0.39, 0.29) is 24.0 Å². The van der Waals surface area contributed by atoms with Crippen LogP contribution in [0.2, 0.25) is 5.02 Å². The molecule has 1 saturated heterocycles. The maximum absolute atomic E-state index is 12.4. The Morgan fingerprint density at radius 1 is 1.67 bits per heavy atom. The summed E-state index contributed by atoms with van der Waals surface area (Å²) >= 11 is 10.1. The van der Waals surface area contributed by atoms with Gasteiger partial charge >= 0.3 is 0 Å². The highest BCUT2D eigenvalue weighted by Gasteiger charge is 2.35. The van der Waals surface area contributed by atoms with Gasteiger partial charge in [0, 0.05) is 6.54 Å². The minimum Gasteiger partial charge on any atom is -0.395 e. The van der Waals surface area contributed by atoms with Crippen LogP contribution in [-0.4, -0.2) is 50.2 Å². The van der Waals surface area contributed by atoms with E-state index in [2.05, 4.69) is 15.9 Å². The molecule has 0 saturated carbocycles. The molecule has 0 amide bonds. The summed E-state index contributed by atoms with van der Waals surface area (Å²) in [5.74, 6) is 0. The van der Waals surface area contributed by atoms with Crippen LogP contribution in [0.4, 0.5) is 0 Å². The van der Waals surface area contributed by atoms with Crippen LogP contribution in [0.1, 0.15) is 0 Å². The number of ether oxygens (including phenoxy) is 1. The van der Waals surface area contributed by atoms with Crippen molar-refractivity contribution < 1.29 is 18.3 Å². The Hall–Kier alpha value is 0.300. The van der Waals surface area contributed by atoms with Gasteiger partial charge in [-0.15, -0.1) is 11.3 Å². The number of morpholine rings is 1. The van der Waals surface area contributed by atoms with Crippen LogP contribution in [0.3, 0.4) is 0 Å². The van der Waals surface area contributed by atoms with Crippen molar-refractivity contribution >= 4 is 48.9 Å². The van der Waals surface area contributed by atoms with Crippen LogP contribution in [-0.2, 0) is 14.8 Å². The zero-order chi connectivity index (χ0) is 13.3.